The number of nitrogens with zero attached hydrogens (tertiary/aromatic N) is 1. The molecule has 1 heterocycles. The molecular weight excluding hydrogens is 212 g/mol. The van der Waals surface area contributed by atoms with E-state index in [1.54, 1.807) is 6.20 Å². The molecule has 0 bridgehead atoms. The highest BCUT2D eigenvalue weighted by Gasteiger charge is 2.20. The zero-order valence-corrected chi connectivity index (χ0v) is 9.73. The van der Waals surface area contributed by atoms with Gasteiger partial charge in [-0.3, -0.25) is 4.98 Å². The van der Waals surface area contributed by atoms with Crippen molar-refractivity contribution >= 4 is 16.6 Å². The van der Waals surface area contributed by atoms with E-state index in [4.69, 9.17) is 10.5 Å². The maximum absolute atomic E-state index is 5.92. The number of nitrogens with two attached hydrogens (primary N) is 1. The van der Waals surface area contributed by atoms with E-state index in [9.17, 15) is 0 Å². The summed E-state index contributed by atoms with van der Waals surface area (Å²) in [4.78, 5) is 4.35. The van der Waals surface area contributed by atoms with Crippen LogP contribution in [0.15, 0.2) is 30.5 Å². The van der Waals surface area contributed by atoms with Gasteiger partial charge in [0.1, 0.15) is 11.3 Å². The van der Waals surface area contributed by atoms with Gasteiger partial charge in [-0.15, -0.1) is 0 Å². The van der Waals surface area contributed by atoms with Gasteiger partial charge in [0.15, 0.2) is 0 Å². The van der Waals surface area contributed by atoms with E-state index >= 15 is 0 Å². The number of hydrogen-bond acceptors (Lipinski definition) is 3. The van der Waals surface area contributed by atoms with E-state index in [1.807, 2.05) is 24.3 Å². The third-order valence-electron chi connectivity index (χ3n) is 3.25. The SMILES string of the molecule is Nc1ccc(OCCC2CC2)c2ncccc12. The van der Waals surface area contributed by atoms with E-state index in [2.05, 4.69) is 4.98 Å². The maximum Gasteiger partial charge on any atom is 0.145 e. The number of fused-ring (bicyclic) bond motifs is 1. The number of benzene rings is 1. The molecule has 3 heteroatoms. The average Bonchev–Trinajstić information content (AvgIpc) is 3.17. The molecule has 3 nitrogen and oxygen atoms in total. The first-order valence-corrected chi connectivity index (χ1v) is 6.10. The Labute approximate surface area is 101 Å². The highest BCUT2D eigenvalue weighted by atomic mass is 16.5. The standard InChI is InChI=1S/C14H16N2O/c15-12-5-6-13(17-9-7-10-3-4-10)14-11(12)2-1-8-16-14/h1-2,5-6,8,10H,3-4,7,9,15H2. The van der Waals surface area contributed by atoms with Gasteiger partial charge in [0.05, 0.1) is 6.61 Å². The fourth-order valence-electron chi connectivity index (χ4n) is 2.03. The number of hydrogen-bond donors (Lipinski definition) is 1. The Morgan fingerprint density at radius 3 is 3.00 bits per heavy atom. The van der Waals surface area contributed by atoms with Gasteiger partial charge >= 0.3 is 0 Å². The van der Waals surface area contributed by atoms with Crippen LogP contribution in [0.25, 0.3) is 10.9 Å². The van der Waals surface area contributed by atoms with Gasteiger partial charge in [-0.2, -0.15) is 0 Å². The molecule has 0 aliphatic heterocycles. The molecule has 0 spiro atoms. The zero-order chi connectivity index (χ0) is 11.7. The van der Waals surface area contributed by atoms with E-state index < -0.39 is 0 Å². The number of anilines is 1. The molecule has 0 unspecified atom stereocenters. The van der Waals surface area contributed by atoms with Crippen molar-refractivity contribution < 1.29 is 4.74 Å². The molecule has 0 atom stereocenters. The summed E-state index contributed by atoms with van der Waals surface area (Å²) >= 11 is 0. The van der Waals surface area contributed by atoms with Crippen LogP contribution in [-0.4, -0.2) is 11.6 Å². The number of nitrogen functional groups attached to an aromatic ring is 1. The fraction of sp³-hybridized carbons (Fsp3) is 0.357. The highest BCUT2D eigenvalue weighted by molar-refractivity contribution is 5.94. The lowest BCUT2D eigenvalue weighted by atomic mass is 10.1. The van der Waals surface area contributed by atoms with Gasteiger partial charge in [0, 0.05) is 17.3 Å². The molecule has 0 radical (unpaired) electrons. The molecular formula is C14H16N2O. The zero-order valence-electron chi connectivity index (χ0n) is 9.73. The van der Waals surface area contributed by atoms with Crippen LogP contribution in [0.2, 0.25) is 0 Å². The Kier molecular flexibility index (Phi) is 2.59. The van der Waals surface area contributed by atoms with E-state index in [0.29, 0.717) is 0 Å². The van der Waals surface area contributed by atoms with Crippen LogP contribution < -0.4 is 10.5 Å². The van der Waals surface area contributed by atoms with Crippen molar-refractivity contribution in [2.75, 3.05) is 12.3 Å². The Balaban J connectivity index is 1.84. The molecule has 1 aromatic heterocycles. The summed E-state index contributed by atoms with van der Waals surface area (Å²) in [6.07, 6.45) is 5.66. The molecule has 1 aliphatic carbocycles. The first-order valence-electron chi connectivity index (χ1n) is 6.10. The van der Waals surface area contributed by atoms with Gasteiger partial charge in [-0.25, -0.2) is 0 Å². The molecule has 2 aromatic rings. The predicted octanol–water partition coefficient (Wildman–Crippen LogP) is 3.00. The van der Waals surface area contributed by atoms with Crippen LogP contribution in [0.1, 0.15) is 19.3 Å². The molecule has 0 amide bonds. The van der Waals surface area contributed by atoms with Gasteiger partial charge in [-0.05, 0) is 36.6 Å². The van der Waals surface area contributed by atoms with E-state index in [-0.39, 0.29) is 0 Å². The summed E-state index contributed by atoms with van der Waals surface area (Å²) in [5.74, 6) is 1.73. The van der Waals surface area contributed by atoms with Crippen molar-refractivity contribution in [3.05, 3.63) is 30.5 Å². The minimum atomic E-state index is 0.752. The Morgan fingerprint density at radius 1 is 1.29 bits per heavy atom. The summed E-state index contributed by atoms with van der Waals surface area (Å²) in [5.41, 5.74) is 7.53. The summed E-state index contributed by atoms with van der Waals surface area (Å²) < 4.78 is 5.81. The Hall–Kier alpha value is -1.77. The van der Waals surface area contributed by atoms with Crippen LogP contribution >= 0.6 is 0 Å². The molecule has 1 aliphatic rings. The number of rotatable bonds is 4. The monoisotopic (exact) mass is 228 g/mol. The lowest BCUT2D eigenvalue weighted by molar-refractivity contribution is 0.305. The second-order valence-electron chi connectivity index (χ2n) is 4.63. The molecule has 1 fully saturated rings. The highest BCUT2D eigenvalue weighted by Crippen LogP contribution is 2.33. The van der Waals surface area contributed by atoms with Crippen LogP contribution in [0.3, 0.4) is 0 Å². The van der Waals surface area contributed by atoms with Crippen molar-refractivity contribution in [2.45, 2.75) is 19.3 Å². The number of pyridine rings is 1. The minimum absolute atomic E-state index is 0.752. The smallest absolute Gasteiger partial charge is 0.145 e. The fourth-order valence-corrected chi connectivity index (χ4v) is 2.03. The van der Waals surface area contributed by atoms with Crippen molar-refractivity contribution in [1.82, 2.24) is 4.98 Å². The van der Waals surface area contributed by atoms with Gasteiger partial charge in [0.25, 0.3) is 0 Å². The van der Waals surface area contributed by atoms with E-state index in [1.165, 1.54) is 12.8 Å². The van der Waals surface area contributed by atoms with Gasteiger partial charge < -0.3 is 10.5 Å². The van der Waals surface area contributed by atoms with Crippen LogP contribution in [0, 0.1) is 5.92 Å². The van der Waals surface area contributed by atoms with Crippen LogP contribution in [0.5, 0.6) is 5.75 Å². The Bertz CT molecular complexity index is 535. The maximum atomic E-state index is 5.92. The molecule has 3 rings (SSSR count). The Morgan fingerprint density at radius 2 is 2.18 bits per heavy atom. The summed E-state index contributed by atoms with van der Waals surface area (Å²) in [6, 6.07) is 7.67. The second kappa shape index (κ2) is 4.24. The summed E-state index contributed by atoms with van der Waals surface area (Å²) in [6.45, 7) is 0.778. The number of aromatic nitrogens is 1. The number of ether oxygens (including phenoxy) is 1. The lowest BCUT2D eigenvalue weighted by Gasteiger charge is -2.09. The lowest BCUT2D eigenvalue weighted by Crippen LogP contribution is -2.00. The van der Waals surface area contributed by atoms with E-state index in [0.717, 1.165) is 41.3 Å². The third kappa shape index (κ3) is 2.18. The minimum Gasteiger partial charge on any atom is -0.491 e. The molecule has 2 N–H and O–H groups in total. The van der Waals surface area contributed by atoms with Crippen molar-refractivity contribution in [3.63, 3.8) is 0 Å². The summed E-state index contributed by atoms with van der Waals surface area (Å²) in [5, 5.41) is 0.969. The van der Waals surface area contributed by atoms with Crippen molar-refractivity contribution in [1.29, 1.82) is 0 Å². The quantitative estimate of drug-likeness (QED) is 0.818. The molecule has 0 saturated heterocycles. The predicted molar refractivity (Wildman–Crippen MR) is 69.0 cm³/mol. The van der Waals surface area contributed by atoms with Crippen LogP contribution in [-0.2, 0) is 0 Å². The van der Waals surface area contributed by atoms with Crippen LogP contribution in [0.4, 0.5) is 5.69 Å². The average molecular weight is 228 g/mol. The van der Waals surface area contributed by atoms with Gasteiger partial charge in [0.2, 0.25) is 0 Å². The van der Waals surface area contributed by atoms with Crippen molar-refractivity contribution in [3.8, 4) is 5.75 Å². The first kappa shape index (κ1) is 10.4. The largest absolute Gasteiger partial charge is 0.491 e. The third-order valence-corrected chi connectivity index (χ3v) is 3.25. The first-order chi connectivity index (χ1) is 8.34. The van der Waals surface area contributed by atoms with Gasteiger partial charge in [-0.1, -0.05) is 12.8 Å². The second-order valence-corrected chi connectivity index (χ2v) is 4.63. The summed E-state index contributed by atoms with van der Waals surface area (Å²) in [7, 11) is 0. The van der Waals surface area contributed by atoms with Crippen molar-refractivity contribution in [2.24, 2.45) is 5.92 Å². The molecule has 1 aromatic carbocycles. The molecule has 17 heavy (non-hydrogen) atoms. The molecule has 88 valence electrons. The normalized spacial score (nSPS) is 15.1. The molecule has 1 saturated carbocycles. The topological polar surface area (TPSA) is 48.1 Å².